The minimum absolute atomic E-state index is 0.0720. The second-order valence-electron chi connectivity index (χ2n) is 6.42. The molecule has 1 heterocycles. The molecule has 2 aromatic rings. The van der Waals surface area contributed by atoms with Gasteiger partial charge in [-0.15, -0.1) is 0 Å². The van der Waals surface area contributed by atoms with Crippen molar-refractivity contribution in [2.45, 2.75) is 39.8 Å². The molecular formula is C17H26N4O2. The first kappa shape index (κ1) is 17.3. The van der Waals surface area contributed by atoms with E-state index in [1.54, 1.807) is 6.92 Å². The maximum atomic E-state index is 11.8. The zero-order valence-corrected chi connectivity index (χ0v) is 14.3. The molecule has 0 aliphatic carbocycles. The number of urea groups is 1. The number of hydrogen-bond donors (Lipinski definition) is 3. The van der Waals surface area contributed by atoms with Crippen molar-refractivity contribution in [1.29, 1.82) is 0 Å². The van der Waals surface area contributed by atoms with Gasteiger partial charge in [0.15, 0.2) is 0 Å². The molecule has 0 spiro atoms. The fourth-order valence-electron chi connectivity index (χ4n) is 2.29. The predicted octanol–water partition coefficient (Wildman–Crippen LogP) is 2.05. The van der Waals surface area contributed by atoms with Gasteiger partial charge in [-0.2, -0.15) is 0 Å². The topological polar surface area (TPSA) is 79.2 Å². The number of nitrogens with zero attached hydrogens (tertiary/aromatic N) is 2. The van der Waals surface area contributed by atoms with Crippen molar-refractivity contribution < 1.29 is 9.90 Å². The maximum Gasteiger partial charge on any atom is 0.314 e. The number of benzene rings is 1. The van der Waals surface area contributed by atoms with E-state index in [1.165, 1.54) is 0 Å². The Labute approximate surface area is 136 Å². The van der Waals surface area contributed by atoms with E-state index in [4.69, 9.17) is 0 Å². The molecule has 0 aliphatic heterocycles. The number of aliphatic hydroxyl groups is 1. The van der Waals surface area contributed by atoms with Crippen LogP contribution in [0.25, 0.3) is 11.0 Å². The van der Waals surface area contributed by atoms with Gasteiger partial charge in [-0.1, -0.05) is 26.0 Å². The van der Waals surface area contributed by atoms with Crippen LogP contribution in [0, 0.1) is 12.8 Å². The highest BCUT2D eigenvalue weighted by atomic mass is 16.3. The van der Waals surface area contributed by atoms with Gasteiger partial charge in [-0.25, -0.2) is 9.78 Å². The van der Waals surface area contributed by atoms with Crippen LogP contribution in [0.5, 0.6) is 0 Å². The number of fused-ring (bicyclic) bond motifs is 1. The third kappa shape index (κ3) is 4.22. The monoisotopic (exact) mass is 318 g/mol. The van der Waals surface area contributed by atoms with Gasteiger partial charge in [0.25, 0.3) is 0 Å². The quantitative estimate of drug-likeness (QED) is 0.763. The first-order valence-corrected chi connectivity index (χ1v) is 7.97. The molecule has 0 aliphatic rings. The van der Waals surface area contributed by atoms with Gasteiger partial charge in [0.05, 0.1) is 16.6 Å². The minimum atomic E-state index is -0.908. The van der Waals surface area contributed by atoms with Crippen molar-refractivity contribution >= 4 is 17.1 Å². The Balaban J connectivity index is 1.85. The molecule has 1 aromatic carbocycles. The number of aryl methyl sites for hydroxylation is 1. The molecule has 1 aromatic heterocycles. The molecule has 2 rings (SSSR count). The molecule has 2 amide bonds. The summed E-state index contributed by atoms with van der Waals surface area (Å²) in [6.45, 7) is 8.90. The largest absolute Gasteiger partial charge is 0.388 e. The summed E-state index contributed by atoms with van der Waals surface area (Å²) in [6, 6.07) is 7.68. The summed E-state index contributed by atoms with van der Waals surface area (Å²) in [5.41, 5.74) is 1.12. The number of aromatic nitrogens is 2. The predicted molar refractivity (Wildman–Crippen MR) is 91.3 cm³/mol. The van der Waals surface area contributed by atoms with Gasteiger partial charge < -0.3 is 20.3 Å². The molecule has 1 unspecified atom stereocenters. The minimum Gasteiger partial charge on any atom is -0.388 e. The highest BCUT2D eigenvalue weighted by Crippen LogP contribution is 2.15. The fourth-order valence-corrected chi connectivity index (χ4v) is 2.29. The zero-order chi connectivity index (χ0) is 17.0. The van der Waals surface area contributed by atoms with Gasteiger partial charge in [0.1, 0.15) is 5.82 Å². The number of imidazole rings is 1. The second kappa shape index (κ2) is 7.00. The Morgan fingerprint density at radius 3 is 2.74 bits per heavy atom. The summed E-state index contributed by atoms with van der Waals surface area (Å²) >= 11 is 0. The van der Waals surface area contributed by atoms with E-state index in [0.717, 1.165) is 16.9 Å². The number of amides is 2. The second-order valence-corrected chi connectivity index (χ2v) is 6.42. The molecule has 0 bridgehead atoms. The number of carbonyl (C=O) groups excluding carboxylic acids is 1. The van der Waals surface area contributed by atoms with Crippen molar-refractivity contribution in [2.24, 2.45) is 5.92 Å². The van der Waals surface area contributed by atoms with Gasteiger partial charge in [-0.3, -0.25) is 0 Å². The molecular weight excluding hydrogens is 292 g/mol. The van der Waals surface area contributed by atoms with Gasteiger partial charge in [0.2, 0.25) is 0 Å². The lowest BCUT2D eigenvalue weighted by atomic mass is 9.93. The van der Waals surface area contributed by atoms with Crippen molar-refractivity contribution in [2.75, 3.05) is 13.1 Å². The third-order valence-corrected chi connectivity index (χ3v) is 4.32. The molecule has 3 N–H and O–H groups in total. The molecule has 0 fully saturated rings. The number of hydrogen-bond acceptors (Lipinski definition) is 3. The van der Waals surface area contributed by atoms with Crippen LogP contribution in [0.3, 0.4) is 0 Å². The van der Waals surface area contributed by atoms with Crippen molar-refractivity contribution in [3.8, 4) is 0 Å². The maximum absolute atomic E-state index is 11.8. The van der Waals surface area contributed by atoms with E-state index < -0.39 is 5.60 Å². The summed E-state index contributed by atoms with van der Waals surface area (Å²) in [6.07, 6.45) is 0. The highest BCUT2D eigenvalue weighted by Gasteiger charge is 2.25. The molecule has 0 saturated carbocycles. The van der Waals surface area contributed by atoms with Crippen molar-refractivity contribution in [1.82, 2.24) is 20.2 Å². The Kier molecular flexibility index (Phi) is 5.26. The lowest BCUT2D eigenvalue weighted by molar-refractivity contribution is 0.0166. The highest BCUT2D eigenvalue weighted by molar-refractivity contribution is 5.76. The van der Waals surface area contributed by atoms with Gasteiger partial charge in [0, 0.05) is 19.6 Å². The molecule has 6 heteroatoms. The van der Waals surface area contributed by atoms with Crippen LogP contribution in [-0.4, -0.2) is 39.4 Å². The normalized spacial score (nSPS) is 14.0. The van der Waals surface area contributed by atoms with Crippen LogP contribution in [0.15, 0.2) is 24.3 Å². The number of carbonyl (C=O) groups is 1. The summed E-state index contributed by atoms with van der Waals surface area (Å²) in [7, 11) is 0. The Hall–Kier alpha value is -2.08. The first-order valence-electron chi connectivity index (χ1n) is 7.97. The lowest BCUT2D eigenvalue weighted by Gasteiger charge is -2.27. The molecule has 126 valence electrons. The average molecular weight is 318 g/mol. The van der Waals surface area contributed by atoms with Gasteiger partial charge in [-0.05, 0) is 31.9 Å². The van der Waals surface area contributed by atoms with E-state index in [1.807, 2.05) is 45.0 Å². The molecule has 23 heavy (non-hydrogen) atoms. The van der Waals surface area contributed by atoms with Crippen LogP contribution in [0.4, 0.5) is 4.79 Å². The molecule has 0 radical (unpaired) electrons. The van der Waals surface area contributed by atoms with E-state index in [-0.39, 0.29) is 18.5 Å². The molecule has 1 atom stereocenters. The SMILES string of the molecule is Cc1nc2ccccc2n1CCNC(=O)NCC(C)(O)C(C)C. The Bertz CT molecular complexity index is 676. The summed E-state index contributed by atoms with van der Waals surface area (Å²) in [4.78, 5) is 16.3. The van der Waals surface area contributed by atoms with Crippen LogP contribution in [0.1, 0.15) is 26.6 Å². The number of nitrogens with one attached hydrogen (secondary N) is 2. The summed E-state index contributed by atoms with van der Waals surface area (Å²) in [5.74, 6) is 0.999. The Morgan fingerprint density at radius 1 is 1.35 bits per heavy atom. The van der Waals surface area contributed by atoms with Gasteiger partial charge >= 0.3 is 6.03 Å². The number of para-hydroxylation sites is 2. The average Bonchev–Trinajstić information content (AvgIpc) is 2.81. The standard InChI is InChI=1S/C17H26N4O2/c1-12(2)17(4,23)11-19-16(22)18-9-10-21-13(3)20-14-7-5-6-8-15(14)21/h5-8,12,23H,9-11H2,1-4H3,(H2,18,19,22). The zero-order valence-electron chi connectivity index (χ0n) is 14.3. The summed E-state index contributed by atoms with van der Waals surface area (Å²) < 4.78 is 2.08. The van der Waals surface area contributed by atoms with Crippen LogP contribution >= 0.6 is 0 Å². The van der Waals surface area contributed by atoms with Crippen LogP contribution in [-0.2, 0) is 6.54 Å². The molecule has 0 saturated heterocycles. The lowest BCUT2D eigenvalue weighted by Crippen LogP contribution is -2.47. The third-order valence-electron chi connectivity index (χ3n) is 4.32. The van der Waals surface area contributed by atoms with Crippen LogP contribution in [0.2, 0.25) is 0 Å². The fraction of sp³-hybridized carbons (Fsp3) is 0.529. The van der Waals surface area contributed by atoms with E-state index in [0.29, 0.717) is 13.1 Å². The summed E-state index contributed by atoms with van der Waals surface area (Å²) in [5, 5.41) is 15.6. The Morgan fingerprint density at radius 2 is 2.04 bits per heavy atom. The molecule has 6 nitrogen and oxygen atoms in total. The van der Waals surface area contributed by atoms with E-state index in [2.05, 4.69) is 20.2 Å². The van der Waals surface area contributed by atoms with Crippen molar-refractivity contribution in [3.05, 3.63) is 30.1 Å². The van der Waals surface area contributed by atoms with E-state index >= 15 is 0 Å². The first-order chi connectivity index (χ1) is 10.8. The number of rotatable bonds is 6. The van der Waals surface area contributed by atoms with Crippen LogP contribution < -0.4 is 10.6 Å². The smallest absolute Gasteiger partial charge is 0.314 e. The van der Waals surface area contributed by atoms with E-state index in [9.17, 15) is 9.90 Å². The van der Waals surface area contributed by atoms with Crippen molar-refractivity contribution in [3.63, 3.8) is 0 Å².